The van der Waals surface area contributed by atoms with Crippen LogP contribution in [0.2, 0.25) is 5.02 Å². The van der Waals surface area contributed by atoms with Crippen LogP contribution in [0.1, 0.15) is 16.7 Å². The molecule has 0 radical (unpaired) electrons. The molecule has 5 rings (SSSR count). The molecule has 4 nitrogen and oxygen atoms in total. The van der Waals surface area contributed by atoms with Gasteiger partial charge in [-0.25, -0.2) is 9.38 Å². The monoisotopic (exact) mass is 394 g/mol. The Morgan fingerprint density at radius 2 is 1.93 bits per heavy atom. The van der Waals surface area contributed by atoms with Crippen molar-refractivity contribution in [3.63, 3.8) is 0 Å². The molecule has 0 amide bonds. The molecule has 0 bridgehead atoms. The average Bonchev–Trinajstić information content (AvgIpc) is 3.06. The number of benzene rings is 3. The summed E-state index contributed by atoms with van der Waals surface area (Å²) in [5.41, 5.74) is 8.88. The maximum atomic E-state index is 14.6. The summed E-state index contributed by atoms with van der Waals surface area (Å²) in [6.45, 7) is 2.26. The van der Waals surface area contributed by atoms with Crippen LogP contribution in [0.4, 0.5) is 4.39 Å². The van der Waals surface area contributed by atoms with Crippen LogP contribution in [0.3, 0.4) is 0 Å². The molecule has 6 heteroatoms. The highest BCUT2D eigenvalue weighted by atomic mass is 35.5. The van der Waals surface area contributed by atoms with E-state index in [0.717, 1.165) is 22.4 Å². The van der Waals surface area contributed by atoms with Crippen LogP contribution in [0.15, 0.2) is 59.6 Å². The molecule has 3 aromatic rings. The topological polar surface area (TPSA) is 56.8 Å². The van der Waals surface area contributed by atoms with Crippen molar-refractivity contribution in [1.29, 1.82) is 0 Å². The van der Waals surface area contributed by atoms with Gasteiger partial charge in [0.05, 0.1) is 5.02 Å². The highest BCUT2D eigenvalue weighted by molar-refractivity contribution is 6.31. The second-order valence-electron chi connectivity index (χ2n) is 7.01. The van der Waals surface area contributed by atoms with Crippen molar-refractivity contribution in [3.8, 4) is 22.6 Å². The van der Waals surface area contributed by atoms with Gasteiger partial charge in [0.25, 0.3) is 6.02 Å². The maximum absolute atomic E-state index is 14.6. The summed E-state index contributed by atoms with van der Waals surface area (Å²) in [4.78, 5) is 4.64. The first-order valence-electron chi connectivity index (χ1n) is 8.84. The van der Waals surface area contributed by atoms with E-state index in [1.165, 1.54) is 6.07 Å². The summed E-state index contributed by atoms with van der Waals surface area (Å²) < 4.78 is 26.3. The van der Waals surface area contributed by atoms with E-state index in [1.807, 2.05) is 43.3 Å². The number of hydrogen-bond acceptors (Lipinski definition) is 4. The quantitative estimate of drug-likeness (QED) is 0.621. The van der Waals surface area contributed by atoms with E-state index < -0.39 is 11.4 Å². The minimum Gasteiger partial charge on any atom is -0.462 e. The summed E-state index contributed by atoms with van der Waals surface area (Å²) in [5, 5.41) is 0.0773. The molecule has 0 saturated heterocycles. The van der Waals surface area contributed by atoms with Gasteiger partial charge in [0.15, 0.2) is 5.54 Å². The highest BCUT2D eigenvalue weighted by Crippen LogP contribution is 2.51. The van der Waals surface area contributed by atoms with Gasteiger partial charge < -0.3 is 15.2 Å². The number of aliphatic imine (C=N–C) groups is 1. The normalized spacial score (nSPS) is 19.5. The van der Waals surface area contributed by atoms with Crippen molar-refractivity contribution in [2.24, 2.45) is 10.7 Å². The van der Waals surface area contributed by atoms with E-state index in [2.05, 4.69) is 4.99 Å². The van der Waals surface area contributed by atoms with Gasteiger partial charge in [-0.1, -0.05) is 41.9 Å². The molecule has 0 fully saturated rings. The summed E-state index contributed by atoms with van der Waals surface area (Å²) in [5.74, 6) is 0.902. The van der Waals surface area contributed by atoms with E-state index in [-0.39, 0.29) is 17.7 Å². The molecule has 1 atom stereocenters. The predicted molar refractivity (Wildman–Crippen MR) is 106 cm³/mol. The third-order valence-electron chi connectivity index (χ3n) is 5.22. The predicted octanol–water partition coefficient (Wildman–Crippen LogP) is 5.15. The van der Waals surface area contributed by atoms with Gasteiger partial charge in [0.2, 0.25) is 0 Å². The third kappa shape index (κ3) is 2.39. The van der Waals surface area contributed by atoms with Crippen molar-refractivity contribution in [3.05, 3.63) is 82.1 Å². The van der Waals surface area contributed by atoms with Gasteiger partial charge in [-0.15, -0.1) is 0 Å². The van der Waals surface area contributed by atoms with Gasteiger partial charge in [0.1, 0.15) is 23.9 Å². The first-order valence-corrected chi connectivity index (χ1v) is 9.22. The fraction of sp³-hybridized carbons (Fsp3) is 0.136. The van der Waals surface area contributed by atoms with Gasteiger partial charge in [-0.2, -0.15) is 0 Å². The standard InChI is InChI=1S/C22H16ClFN2O2/c1-12-5-7-15-19(9-12)28-18-8-6-13(14-3-2-4-17(23)20(14)24)10-16(18)22(15)11-27-21(25)26-22/h2-10H,11H2,1H3,(H2,25,26). The Balaban J connectivity index is 1.75. The van der Waals surface area contributed by atoms with Crippen molar-refractivity contribution >= 4 is 17.6 Å². The molecule has 1 unspecified atom stereocenters. The smallest absolute Gasteiger partial charge is 0.283 e. The molecule has 0 aromatic heterocycles. The molecule has 3 aromatic carbocycles. The van der Waals surface area contributed by atoms with Crippen LogP contribution in [-0.4, -0.2) is 12.6 Å². The van der Waals surface area contributed by atoms with Crippen LogP contribution < -0.4 is 10.5 Å². The zero-order chi connectivity index (χ0) is 19.5. The van der Waals surface area contributed by atoms with Crippen molar-refractivity contribution in [2.75, 3.05) is 6.61 Å². The Morgan fingerprint density at radius 3 is 2.71 bits per heavy atom. The largest absolute Gasteiger partial charge is 0.462 e. The summed E-state index contributed by atoms with van der Waals surface area (Å²) in [6.07, 6.45) is 0. The number of fused-ring (bicyclic) bond motifs is 4. The minimum absolute atomic E-state index is 0.0773. The fourth-order valence-corrected chi connectivity index (χ4v) is 4.04. The van der Waals surface area contributed by atoms with Gasteiger partial charge in [-0.3, -0.25) is 0 Å². The molecule has 0 saturated carbocycles. The SMILES string of the molecule is Cc1ccc2c(c1)Oc1ccc(-c3cccc(Cl)c3F)cc1C21COC(N)=N1. The Morgan fingerprint density at radius 1 is 1.07 bits per heavy atom. The van der Waals surface area contributed by atoms with E-state index >= 15 is 0 Å². The third-order valence-corrected chi connectivity index (χ3v) is 5.51. The Labute approximate surface area is 166 Å². The summed E-state index contributed by atoms with van der Waals surface area (Å²) in [7, 11) is 0. The number of amidine groups is 1. The van der Waals surface area contributed by atoms with E-state index in [0.29, 0.717) is 16.9 Å². The van der Waals surface area contributed by atoms with E-state index in [9.17, 15) is 4.39 Å². The lowest BCUT2D eigenvalue weighted by Gasteiger charge is -2.34. The number of rotatable bonds is 1. The van der Waals surface area contributed by atoms with Crippen LogP contribution >= 0.6 is 11.6 Å². The lowest BCUT2D eigenvalue weighted by molar-refractivity contribution is 0.264. The van der Waals surface area contributed by atoms with Crippen molar-refractivity contribution < 1.29 is 13.9 Å². The van der Waals surface area contributed by atoms with Gasteiger partial charge in [0, 0.05) is 16.7 Å². The molecule has 2 aliphatic heterocycles. The zero-order valence-electron chi connectivity index (χ0n) is 15.0. The van der Waals surface area contributed by atoms with Crippen LogP contribution in [0.25, 0.3) is 11.1 Å². The van der Waals surface area contributed by atoms with Gasteiger partial charge >= 0.3 is 0 Å². The van der Waals surface area contributed by atoms with Crippen LogP contribution in [0, 0.1) is 12.7 Å². The second-order valence-corrected chi connectivity index (χ2v) is 7.42. The van der Waals surface area contributed by atoms with Crippen molar-refractivity contribution in [1.82, 2.24) is 0 Å². The number of halogens is 2. The molecule has 0 aliphatic carbocycles. The number of nitrogens with zero attached hydrogens (tertiary/aromatic N) is 1. The molecule has 2 N–H and O–H groups in total. The second kappa shape index (κ2) is 5.97. The number of aryl methyl sites for hydroxylation is 1. The molecule has 2 heterocycles. The molecule has 140 valence electrons. The Kier molecular flexibility index (Phi) is 3.64. The average molecular weight is 395 g/mol. The Bertz CT molecular complexity index is 1160. The zero-order valence-corrected chi connectivity index (χ0v) is 15.8. The van der Waals surface area contributed by atoms with Crippen LogP contribution in [-0.2, 0) is 10.3 Å². The lowest BCUT2D eigenvalue weighted by atomic mass is 9.80. The highest BCUT2D eigenvalue weighted by Gasteiger charge is 2.47. The van der Waals surface area contributed by atoms with Crippen LogP contribution in [0.5, 0.6) is 11.5 Å². The number of ether oxygens (including phenoxy) is 2. The first-order chi connectivity index (χ1) is 13.5. The minimum atomic E-state index is -0.828. The Hall–Kier alpha value is -3.05. The van der Waals surface area contributed by atoms with E-state index in [4.69, 9.17) is 26.8 Å². The molecule has 2 aliphatic rings. The number of hydrogen-bond donors (Lipinski definition) is 1. The molecule has 28 heavy (non-hydrogen) atoms. The fourth-order valence-electron chi connectivity index (χ4n) is 3.86. The molecule has 1 spiro atoms. The molecular weight excluding hydrogens is 379 g/mol. The molecular formula is C22H16ClFN2O2. The van der Waals surface area contributed by atoms with Gasteiger partial charge in [-0.05, 0) is 42.3 Å². The summed E-state index contributed by atoms with van der Waals surface area (Å²) in [6, 6.07) is 16.5. The summed E-state index contributed by atoms with van der Waals surface area (Å²) >= 11 is 5.97. The van der Waals surface area contributed by atoms with Crippen molar-refractivity contribution in [2.45, 2.75) is 12.5 Å². The first kappa shape index (κ1) is 17.1. The van der Waals surface area contributed by atoms with E-state index in [1.54, 1.807) is 12.1 Å². The number of nitrogens with two attached hydrogens (primary N) is 1. The lowest BCUT2D eigenvalue weighted by Crippen LogP contribution is -2.31. The maximum Gasteiger partial charge on any atom is 0.283 e.